The number of carbonyl (C=O) groups is 1. The van der Waals surface area contributed by atoms with Crippen LogP contribution in [0.2, 0.25) is 0 Å². The van der Waals surface area contributed by atoms with E-state index in [1.165, 1.54) is 0 Å². The second-order valence-corrected chi connectivity index (χ2v) is 2.87. The molecule has 0 aromatic carbocycles. The molecule has 66 valence electrons. The van der Waals surface area contributed by atoms with E-state index in [4.69, 9.17) is 4.74 Å². The molecule has 0 spiro atoms. The van der Waals surface area contributed by atoms with Crippen LogP contribution in [0.5, 0.6) is 0 Å². The minimum Gasteiger partial charge on any atom is -0.498 e. The molecule has 0 bridgehead atoms. The van der Waals surface area contributed by atoms with E-state index in [2.05, 4.69) is 6.58 Å². The highest BCUT2D eigenvalue weighted by molar-refractivity contribution is 5.94. The molecule has 0 N–H and O–H groups in total. The van der Waals surface area contributed by atoms with Crippen LogP contribution in [-0.2, 0) is 9.53 Å². The maximum absolute atomic E-state index is 11.2. The van der Waals surface area contributed by atoms with E-state index in [0.717, 1.165) is 18.6 Å². The lowest BCUT2D eigenvalue weighted by Crippen LogP contribution is -2.04. The van der Waals surface area contributed by atoms with E-state index in [9.17, 15) is 4.79 Å². The summed E-state index contributed by atoms with van der Waals surface area (Å²) in [6.07, 6.45) is 4.90. The van der Waals surface area contributed by atoms with E-state index < -0.39 is 0 Å². The molecule has 0 aliphatic heterocycles. The molecule has 0 aromatic heterocycles. The molecule has 12 heavy (non-hydrogen) atoms. The Morgan fingerprint density at radius 3 is 3.17 bits per heavy atom. The molecule has 0 saturated carbocycles. The Bertz CT molecular complexity index is 216. The standard InChI is InChI=1S/C10H14O2/c1-3-5-8-6-9(12-4-2)7-10(8)11/h3,7-8H,1,4-6H2,2H3. The lowest BCUT2D eigenvalue weighted by Gasteiger charge is -2.05. The molecular weight excluding hydrogens is 152 g/mol. The molecule has 1 atom stereocenters. The monoisotopic (exact) mass is 166 g/mol. The van der Waals surface area contributed by atoms with Gasteiger partial charge < -0.3 is 4.74 Å². The Morgan fingerprint density at radius 2 is 2.58 bits per heavy atom. The van der Waals surface area contributed by atoms with Crippen molar-refractivity contribution in [2.75, 3.05) is 6.61 Å². The average Bonchev–Trinajstić information content (AvgIpc) is 2.34. The Labute approximate surface area is 72.9 Å². The highest BCUT2D eigenvalue weighted by Crippen LogP contribution is 2.25. The van der Waals surface area contributed by atoms with Gasteiger partial charge in [0.2, 0.25) is 0 Å². The highest BCUT2D eigenvalue weighted by atomic mass is 16.5. The van der Waals surface area contributed by atoms with Crippen molar-refractivity contribution in [2.24, 2.45) is 5.92 Å². The third-order valence-electron chi connectivity index (χ3n) is 1.93. The van der Waals surface area contributed by atoms with Crippen LogP contribution in [0, 0.1) is 5.92 Å². The van der Waals surface area contributed by atoms with Crippen molar-refractivity contribution < 1.29 is 9.53 Å². The molecular formula is C10H14O2. The van der Waals surface area contributed by atoms with Crippen molar-refractivity contribution in [3.8, 4) is 0 Å². The van der Waals surface area contributed by atoms with Crippen molar-refractivity contribution in [1.29, 1.82) is 0 Å². The van der Waals surface area contributed by atoms with Gasteiger partial charge in [0.1, 0.15) is 5.76 Å². The summed E-state index contributed by atoms with van der Waals surface area (Å²) < 4.78 is 5.26. The third kappa shape index (κ3) is 1.97. The summed E-state index contributed by atoms with van der Waals surface area (Å²) in [5.74, 6) is 1.09. The molecule has 1 aliphatic rings. The second kappa shape index (κ2) is 4.10. The van der Waals surface area contributed by atoms with Gasteiger partial charge in [0, 0.05) is 18.4 Å². The Kier molecular flexibility index (Phi) is 3.09. The topological polar surface area (TPSA) is 26.3 Å². The van der Waals surface area contributed by atoms with Gasteiger partial charge >= 0.3 is 0 Å². The third-order valence-corrected chi connectivity index (χ3v) is 1.93. The number of ether oxygens (including phenoxy) is 1. The lowest BCUT2D eigenvalue weighted by atomic mass is 10.0. The molecule has 2 nitrogen and oxygen atoms in total. The van der Waals surface area contributed by atoms with Gasteiger partial charge in [0.15, 0.2) is 5.78 Å². The Hall–Kier alpha value is -1.05. The van der Waals surface area contributed by atoms with E-state index in [-0.39, 0.29) is 11.7 Å². The van der Waals surface area contributed by atoms with Gasteiger partial charge in [-0.05, 0) is 13.3 Å². The van der Waals surface area contributed by atoms with Crippen molar-refractivity contribution in [2.45, 2.75) is 19.8 Å². The van der Waals surface area contributed by atoms with Gasteiger partial charge in [-0.15, -0.1) is 6.58 Å². The van der Waals surface area contributed by atoms with Crippen LogP contribution in [0.1, 0.15) is 19.8 Å². The van der Waals surface area contributed by atoms with Crippen LogP contribution >= 0.6 is 0 Å². The van der Waals surface area contributed by atoms with Crippen molar-refractivity contribution in [3.05, 3.63) is 24.5 Å². The summed E-state index contributed by atoms with van der Waals surface area (Å²) in [7, 11) is 0. The zero-order valence-electron chi connectivity index (χ0n) is 7.38. The summed E-state index contributed by atoms with van der Waals surface area (Å²) in [4.78, 5) is 11.2. The number of allylic oxidation sites excluding steroid dienone is 3. The van der Waals surface area contributed by atoms with Crippen LogP contribution in [0.4, 0.5) is 0 Å². The van der Waals surface area contributed by atoms with E-state index in [1.54, 1.807) is 12.2 Å². The van der Waals surface area contributed by atoms with Gasteiger partial charge in [-0.25, -0.2) is 0 Å². The molecule has 0 amide bonds. The van der Waals surface area contributed by atoms with E-state index in [1.807, 2.05) is 6.92 Å². The van der Waals surface area contributed by atoms with E-state index >= 15 is 0 Å². The lowest BCUT2D eigenvalue weighted by molar-refractivity contribution is -0.117. The van der Waals surface area contributed by atoms with Gasteiger partial charge in [-0.3, -0.25) is 4.79 Å². The zero-order chi connectivity index (χ0) is 8.97. The second-order valence-electron chi connectivity index (χ2n) is 2.87. The number of rotatable bonds is 4. The van der Waals surface area contributed by atoms with Crippen LogP contribution in [0.15, 0.2) is 24.5 Å². The van der Waals surface area contributed by atoms with Crippen molar-refractivity contribution in [1.82, 2.24) is 0 Å². The van der Waals surface area contributed by atoms with E-state index in [0.29, 0.717) is 6.61 Å². The molecule has 1 unspecified atom stereocenters. The number of hydrogen-bond acceptors (Lipinski definition) is 2. The quantitative estimate of drug-likeness (QED) is 0.597. The van der Waals surface area contributed by atoms with Gasteiger partial charge in [0.05, 0.1) is 6.61 Å². The normalized spacial score (nSPS) is 22.2. The summed E-state index contributed by atoms with van der Waals surface area (Å²) in [5.41, 5.74) is 0. The first-order valence-electron chi connectivity index (χ1n) is 4.26. The minimum atomic E-state index is 0.0871. The molecule has 0 radical (unpaired) electrons. The first kappa shape index (κ1) is 9.04. The summed E-state index contributed by atoms with van der Waals surface area (Å²) in [6, 6.07) is 0. The molecule has 0 heterocycles. The first-order valence-corrected chi connectivity index (χ1v) is 4.26. The van der Waals surface area contributed by atoms with Crippen LogP contribution < -0.4 is 0 Å². The largest absolute Gasteiger partial charge is 0.498 e. The summed E-state index contributed by atoms with van der Waals surface area (Å²) >= 11 is 0. The van der Waals surface area contributed by atoms with Gasteiger partial charge in [-0.2, -0.15) is 0 Å². The number of carbonyl (C=O) groups excluding carboxylic acids is 1. The molecule has 2 heteroatoms. The molecule has 0 aromatic rings. The van der Waals surface area contributed by atoms with Crippen molar-refractivity contribution >= 4 is 5.78 Å². The number of hydrogen-bond donors (Lipinski definition) is 0. The fourth-order valence-corrected chi connectivity index (χ4v) is 1.37. The predicted molar refractivity (Wildman–Crippen MR) is 47.6 cm³/mol. The molecule has 0 saturated heterocycles. The SMILES string of the molecule is C=CCC1CC(OCC)=CC1=O. The van der Waals surface area contributed by atoms with Crippen LogP contribution in [-0.4, -0.2) is 12.4 Å². The molecule has 0 fully saturated rings. The first-order chi connectivity index (χ1) is 5.77. The van der Waals surface area contributed by atoms with Crippen LogP contribution in [0.3, 0.4) is 0 Å². The molecule has 1 aliphatic carbocycles. The maximum atomic E-state index is 11.2. The van der Waals surface area contributed by atoms with Crippen LogP contribution in [0.25, 0.3) is 0 Å². The minimum absolute atomic E-state index is 0.0871. The van der Waals surface area contributed by atoms with Gasteiger partial charge in [-0.1, -0.05) is 6.08 Å². The fraction of sp³-hybridized carbons (Fsp3) is 0.500. The maximum Gasteiger partial charge on any atom is 0.162 e. The zero-order valence-corrected chi connectivity index (χ0v) is 7.38. The summed E-state index contributed by atoms with van der Waals surface area (Å²) in [5, 5.41) is 0. The van der Waals surface area contributed by atoms with Crippen molar-refractivity contribution in [3.63, 3.8) is 0 Å². The van der Waals surface area contributed by atoms with Gasteiger partial charge in [0.25, 0.3) is 0 Å². The summed E-state index contributed by atoms with van der Waals surface area (Å²) in [6.45, 7) is 6.18. The molecule has 1 rings (SSSR count). The Morgan fingerprint density at radius 1 is 1.83 bits per heavy atom. The smallest absolute Gasteiger partial charge is 0.162 e. The highest BCUT2D eigenvalue weighted by Gasteiger charge is 2.24. The Balaban J connectivity index is 2.48. The fourth-order valence-electron chi connectivity index (χ4n) is 1.37. The average molecular weight is 166 g/mol. The number of ketones is 1. The predicted octanol–water partition coefficient (Wildman–Crippen LogP) is 2.07.